The molecule has 0 spiro atoms. The SMILES string of the molecule is Cc1c(CNc2ccc(NS(C)(=O)=O)c(Cl)c2)cnn1C. The van der Waals surface area contributed by atoms with Gasteiger partial charge in [-0.25, -0.2) is 8.42 Å². The molecule has 8 heteroatoms. The number of aryl methyl sites for hydroxylation is 1. The normalized spacial score (nSPS) is 11.4. The molecular formula is C13H17ClN4O2S. The van der Waals surface area contributed by atoms with Crippen LogP contribution < -0.4 is 10.0 Å². The summed E-state index contributed by atoms with van der Waals surface area (Å²) in [5.41, 5.74) is 3.35. The minimum absolute atomic E-state index is 0.341. The zero-order valence-corrected chi connectivity index (χ0v) is 13.6. The summed E-state index contributed by atoms with van der Waals surface area (Å²) in [5, 5.41) is 7.75. The highest BCUT2D eigenvalue weighted by Gasteiger charge is 2.08. The van der Waals surface area contributed by atoms with Gasteiger partial charge in [-0.05, 0) is 25.1 Å². The van der Waals surface area contributed by atoms with E-state index in [9.17, 15) is 8.42 Å². The van der Waals surface area contributed by atoms with Crippen LogP contribution in [0, 0.1) is 6.92 Å². The van der Waals surface area contributed by atoms with Crippen LogP contribution in [-0.4, -0.2) is 24.5 Å². The molecular weight excluding hydrogens is 312 g/mol. The third-order valence-electron chi connectivity index (χ3n) is 3.08. The zero-order chi connectivity index (χ0) is 15.6. The first kappa shape index (κ1) is 15.7. The van der Waals surface area contributed by atoms with Crippen LogP contribution in [0.25, 0.3) is 0 Å². The Bertz CT molecular complexity index is 756. The molecule has 6 nitrogen and oxygen atoms in total. The topological polar surface area (TPSA) is 76.0 Å². The third-order valence-corrected chi connectivity index (χ3v) is 3.99. The molecule has 0 bridgehead atoms. The third kappa shape index (κ3) is 4.12. The zero-order valence-electron chi connectivity index (χ0n) is 12.0. The van der Waals surface area contributed by atoms with E-state index >= 15 is 0 Å². The van der Waals surface area contributed by atoms with E-state index in [0.717, 1.165) is 23.2 Å². The van der Waals surface area contributed by atoms with E-state index < -0.39 is 10.0 Å². The van der Waals surface area contributed by atoms with Crippen LogP contribution in [0.2, 0.25) is 5.02 Å². The van der Waals surface area contributed by atoms with Crippen molar-refractivity contribution in [2.24, 2.45) is 7.05 Å². The van der Waals surface area contributed by atoms with Crippen molar-refractivity contribution in [1.29, 1.82) is 0 Å². The number of hydrogen-bond donors (Lipinski definition) is 2. The van der Waals surface area contributed by atoms with Gasteiger partial charge in [-0.3, -0.25) is 9.40 Å². The van der Waals surface area contributed by atoms with Gasteiger partial charge in [-0.1, -0.05) is 11.6 Å². The minimum Gasteiger partial charge on any atom is -0.381 e. The number of rotatable bonds is 5. The van der Waals surface area contributed by atoms with Crippen LogP contribution in [0.4, 0.5) is 11.4 Å². The van der Waals surface area contributed by atoms with E-state index in [2.05, 4.69) is 15.1 Å². The Morgan fingerprint density at radius 2 is 2.10 bits per heavy atom. The van der Waals surface area contributed by atoms with Crippen molar-refractivity contribution in [3.05, 3.63) is 40.7 Å². The first-order valence-corrected chi connectivity index (χ1v) is 8.52. The van der Waals surface area contributed by atoms with Crippen LogP contribution in [0.3, 0.4) is 0 Å². The highest BCUT2D eigenvalue weighted by atomic mass is 35.5. The molecule has 0 aliphatic carbocycles. The molecule has 2 N–H and O–H groups in total. The molecule has 0 unspecified atom stereocenters. The molecule has 1 aromatic carbocycles. The fraction of sp³-hybridized carbons (Fsp3) is 0.308. The van der Waals surface area contributed by atoms with E-state index in [-0.39, 0.29) is 0 Å². The van der Waals surface area contributed by atoms with Crippen LogP contribution in [0.15, 0.2) is 24.4 Å². The van der Waals surface area contributed by atoms with E-state index in [1.54, 1.807) is 18.2 Å². The van der Waals surface area contributed by atoms with Gasteiger partial charge in [0.15, 0.2) is 0 Å². The lowest BCUT2D eigenvalue weighted by atomic mass is 10.2. The molecule has 0 saturated carbocycles. The maximum absolute atomic E-state index is 11.2. The number of aromatic nitrogens is 2. The van der Waals surface area contributed by atoms with Crippen LogP contribution in [0.1, 0.15) is 11.3 Å². The first-order valence-electron chi connectivity index (χ1n) is 6.25. The number of anilines is 2. The molecule has 0 atom stereocenters. The van der Waals surface area contributed by atoms with Gasteiger partial charge >= 0.3 is 0 Å². The van der Waals surface area contributed by atoms with Gasteiger partial charge in [0.2, 0.25) is 10.0 Å². The van der Waals surface area contributed by atoms with Crippen molar-refractivity contribution in [3.63, 3.8) is 0 Å². The van der Waals surface area contributed by atoms with Crippen LogP contribution >= 0.6 is 11.6 Å². The average Bonchev–Trinajstić information content (AvgIpc) is 2.69. The number of sulfonamides is 1. The van der Waals surface area contributed by atoms with Gasteiger partial charge in [0.25, 0.3) is 0 Å². The molecule has 0 saturated heterocycles. The molecule has 1 heterocycles. The molecule has 114 valence electrons. The number of benzene rings is 1. The Labute approximate surface area is 129 Å². The number of hydrogen-bond acceptors (Lipinski definition) is 4. The summed E-state index contributed by atoms with van der Waals surface area (Å²) in [6.07, 6.45) is 2.89. The van der Waals surface area contributed by atoms with Crippen molar-refractivity contribution in [3.8, 4) is 0 Å². The number of nitrogens with one attached hydrogen (secondary N) is 2. The van der Waals surface area contributed by atoms with Gasteiger partial charge in [-0.2, -0.15) is 5.10 Å². The van der Waals surface area contributed by atoms with Crippen molar-refractivity contribution in [2.45, 2.75) is 13.5 Å². The quantitative estimate of drug-likeness (QED) is 0.883. The maximum Gasteiger partial charge on any atom is 0.229 e. The summed E-state index contributed by atoms with van der Waals surface area (Å²) in [6, 6.07) is 5.08. The molecule has 0 fully saturated rings. The lowest BCUT2D eigenvalue weighted by Gasteiger charge is -2.10. The Morgan fingerprint density at radius 1 is 1.38 bits per heavy atom. The highest BCUT2D eigenvalue weighted by molar-refractivity contribution is 7.92. The van der Waals surface area contributed by atoms with E-state index in [4.69, 9.17) is 11.6 Å². The molecule has 21 heavy (non-hydrogen) atoms. The van der Waals surface area contributed by atoms with Crippen molar-refractivity contribution in [2.75, 3.05) is 16.3 Å². The van der Waals surface area contributed by atoms with Gasteiger partial charge in [-0.15, -0.1) is 0 Å². The maximum atomic E-state index is 11.2. The monoisotopic (exact) mass is 328 g/mol. The summed E-state index contributed by atoms with van der Waals surface area (Å²) in [4.78, 5) is 0. The van der Waals surface area contributed by atoms with Crippen LogP contribution in [0.5, 0.6) is 0 Å². The molecule has 2 aromatic rings. The number of halogens is 1. The summed E-state index contributed by atoms with van der Waals surface area (Å²) in [5.74, 6) is 0. The largest absolute Gasteiger partial charge is 0.381 e. The first-order chi connectivity index (χ1) is 9.76. The van der Waals surface area contributed by atoms with Gasteiger partial charge in [0, 0.05) is 30.5 Å². The predicted octanol–water partition coefficient (Wildman–Crippen LogP) is 2.37. The Kier molecular flexibility index (Phi) is 4.43. The van der Waals surface area contributed by atoms with Gasteiger partial charge < -0.3 is 5.32 Å². The lowest BCUT2D eigenvalue weighted by Crippen LogP contribution is -2.10. The second-order valence-electron chi connectivity index (χ2n) is 4.80. The summed E-state index contributed by atoms with van der Waals surface area (Å²) in [6.45, 7) is 2.62. The van der Waals surface area contributed by atoms with Gasteiger partial charge in [0.1, 0.15) is 0 Å². The molecule has 2 rings (SSSR count). The smallest absolute Gasteiger partial charge is 0.229 e. The van der Waals surface area contributed by atoms with Crippen LogP contribution in [-0.2, 0) is 23.6 Å². The molecule has 0 aliphatic heterocycles. The summed E-state index contributed by atoms with van der Waals surface area (Å²) < 4.78 is 26.6. The highest BCUT2D eigenvalue weighted by Crippen LogP contribution is 2.26. The fourth-order valence-electron chi connectivity index (χ4n) is 1.82. The molecule has 0 aliphatic rings. The predicted molar refractivity (Wildman–Crippen MR) is 85.2 cm³/mol. The molecule has 1 aromatic heterocycles. The molecule has 0 radical (unpaired) electrons. The van der Waals surface area contributed by atoms with Crippen molar-refractivity contribution < 1.29 is 8.42 Å². The van der Waals surface area contributed by atoms with Crippen molar-refractivity contribution >= 4 is 33.0 Å². The Balaban J connectivity index is 2.08. The lowest BCUT2D eigenvalue weighted by molar-refractivity contribution is 0.607. The molecule has 0 amide bonds. The average molecular weight is 329 g/mol. The second-order valence-corrected chi connectivity index (χ2v) is 6.96. The fourth-order valence-corrected chi connectivity index (χ4v) is 2.68. The Hall–Kier alpha value is -1.73. The van der Waals surface area contributed by atoms with E-state index in [0.29, 0.717) is 17.3 Å². The number of nitrogens with zero attached hydrogens (tertiary/aromatic N) is 2. The minimum atomic E-state index is -3.34. The summed E-state index contributed by atoms with van der Waals surface area (Å²) in [7, 11) is -1.45. The van der Waals surface area contributed by atoms with E-state index in [1.807, 2.05) is 24.9 Å². The Morgan fingerprint density at radius 3 is 2.62 bits per heavy atom. The van der Waals surface area contributed by atoms with Crippen molar-refractivity contribution in [1.82, 2.24) is 9.78 Å². The van der Waals surface area contributed by atoms with E-state index in [1.165, 1.54) is 0 Å². The standard InChI is InChI=1S/C13H17ClN4O2S/c1-9-10(8-16-18(9)2)7-15-11-4-5-13(12(14)6-11)17-21(3,19)20/h4-6,8,15,17H,7H2,1-3H3. The second kappa shape index (κ2) is 5.95. The van der Waals surface area contributed by atoms with Gasteiger partial charge in [0.05, 0.1) is 23.2 Å². The summed E-state index contributed by atoms with van der Waals surface area (Å²) >= 11 is 6.07.